The molecule has 0 aliphatic carbocycles. The van der Waals surface area contributed by atoms with Crippen LogP contribution in [0.25, 0.3) is 0 Å². The number of nitrogens with zero attached hydrogens (tertiary/aromatic N) is 1. The van der Waals surface area contributed by atoms with E-state index in [1.165, 1.54) is 0 Å². The quantitative estimate of drug-likeness (QED) is 0.740. The Morgan fingerprint density at radius 2 is 1.82 bits per heavy atom. The van der Waals surface area contributed by atoms with Crippen molar-refractivity contribution < 1.29 is 14.7 Å². The third-order valence-corrected chi connectivity index (χ3v) is 5.53. The lowest BCUT2D eigenvalue weighted by Gasteiger charge is -2.32. The van der Waals surface area contributed by atoms with E-state index in [1.54, 1.807) is 4.90 Å². The van der Waals surface area contributed by atoms with Crippen molar-refractivity contribution in [2.24, 2.45) is 5.92 Å². The maximum Gasteiger partial charge on any atom is 0.255 e. The van der Waals surface area contributed by atoms with Gasteiger partial charge in [-0.05, 0) is 29.5 Å². The molecule has 0 aromatic heterocycles. The molecule has 0 unspecified atom stereocenters. The van der Waals surface area contributed by atoms with Crippen molar-refractivity contribution in [1.82, 2.24) is 10.2 Å². The van der Waals surface area contributed by atoms with E-state index in [4.69, 9.17) is 0 Å². The van der Waals surface area contributed by atoms with Gasteiger partial charge in [0.2, 0.25) is 5.91 Å². The Labute approximate surface area is 166 Å². The number of rotatable bonds is 8. The first-order valence-corrected chi connectivity index (χ1v) is 9.89. The van der Waals surface area contributed by atoms with Gasteiger partial charge in [-0.3, -0.25) is 9.59 Å². The van der Waals surface area contributed by atoms with Gasteiger partial charge in [-0.2, -0.15) is 0 Å². The molecule has 0 radical (unpaired) electrons. The summed E-state index contributed by atoms with van der Waals surface area (Å²) in [6.45, 7) is 4.31. The first-order valence-electron chi connectivity index (χ1n) is 9.89. The third kappa shape index (κ3) is 4.25. The lowest BCUT2D eigenvalue weighted by Crippen LogP contribution is -2.53. The molecule has 1 aliphatic rings. The third-order valence-electron chi connectivity index (χ3n) is 5.53. The lowest BCUT2D eigenvalue weighted by atomic mass is 9.96. The molecule has 2 N–H and O–H groups in total. The van der Waals surface area contributed by atoms with Crippen LogP contribution < -0.4 is 5.32 Å². The van der Waals surface area contributed by atoms with E-state index in [1.807, 2.05) is 68.4 Å². The second-order valence-electron chi connectivity index (χ2n) is 7.50. The fraction of sp³-hybridized carbons (Fsp3) is 0.391. The van der Waals surface area contributed by atoms with Crippen LogP contribution in [-0.2, 0) is 17.8 Å². The van der Waals surface area contributed by atoms with Crippen molar-refractivity contribution in [1.29, 1.82) is 0 Å². The second kappa shape index (κ2) is 9.02. The second-order valence-corrected chi connectivity index (χ2v) is 7.50. The van der Waals surface area contributed by atoms with Crippen molar-refractivity contribution >= 4 is 11.8 Å². The normalized spacial score (nSPS) is 16.4. The molecule has 1 heterocycles. The summed E-state index contributed by atoms with van der Waals surface area (Å²) in [6.07, 6.45) is 1.32. The number of nitrogens with one attached hydrogen (secondary N) is 1. The lowest BCUT2D eigenvalue weighted by molar-refractivity contribution is -0.128. The highest BCUT2D eigenvalue weighted by atomic mass is 16.3. The molecule has 0 saturated heterocycles. The number of carbonyl (C=O) groups is 2. The predicted molar refractivity (Wildman–Crippen MR) is 109 cm³/mol. The number of fused-ring (bicyclic) bond motifs is 1. The van der Waals surface area contributed by atoms with Gasteiger partial charge in [-0.1, -0.05) is 68.8 Å². The number of benzene rings is 2. The molecule has 2 aromatic carbocycles. The largest absolute Gasteiger partial charge is 0.394 e. The monoisotopic (exact) mass is 380 g/mol. The Kier molecular flexibility index (Phi) is 6.47. The van der Waals surface area contributed by atoms with Crippen LogP contribution in [0, 0.1) is 5.92 Å². The van der Waals surface area contributed by atoms with E-state index in [9.17, 15) is 14.7 Å². The standard InChI is InChI=1S/C23H28N2O3/c1-3-16(2)21(25-14-18-11-7-8-12-20(18)23(25)28)22(27)24-19(15-26)13-17-9-5-4-6-10-17/h4-12,16,19,21,26H,3,13-15H2,1-2H3,(H,24,27)/t16-,19+,21+/m1/s1. The average Bonchev–Trinajstić information content (AvgIpc) is 3.04. The zero-order valence-corrected chi connectivity index (χ0v) is 16.5. The average molecular weight is 380 g/mol. The van der Waals surface area contributed by atoms with Gasteiger partial charge in [0.25, 0.3) is 5.91 Å². The van der Waals surface area contributed by atoms with Crippen LogP contribution in [0.3, 0.4) is 0 Å². The fourth-order valence-corrected chi connectivity index (χ4v) is 3.78. The van der Waals surface area contributed by atoms with Crippen molar-refractivity contribution in [3.63, 3.8) is 0 Å². The molecular weight excluding hydrogens is 352 g/mol. The molecule has 0 fully saturated rings. The Hall–Kier alpha value is -2.66. The zero-order valence-electron chi connectivity index (χ0n) is 16.5. The molecule has 0 bridgehead atoms. The highest BCUT2D eigenvalue weighted by molar-refractivity contribution is 6.01. The van der Waals surface area contributed by atoms with Crippen LogP contribution in [0.4, 0.5) is 0 Å². The van der Waals surface area contributed by atoms with Crippen LogP contribution in [0.15, 0.2) is 54.6 Å². The fourth-order valence-electron chi connectivity index (χ4n) is 3.78. The number of hydrogen-bond acceptors (Lipinski definition) is 3. The summed E-state index contributed by atoms with van der Waals surface area (Å²) in [5.74, 6) is -0.292. The van der Waals surface area contributed by atoms with E-state index < -0.39 is 6.04 Å². The van der Waals surface area contributed by atoms with Crippen molar-refractivity contribution in [2.75, 3.05) is 6.61 Å². The Morgan fingerprint density at radius 1 is 1.14 bits per heavy atom. The molecule has 5 heteroatoms. The molecule has 0 spiro atoms. The minimum atomic E-state index is -0.560. The first-order chi connectivity index (χ1) is 13.5. The molecule has 3 rings (SSSR count). The van der Waals surface area contributed by atoms with Gasteiger partial charge >= 0.3 is 0 Å². The molecule has 2 amide bonds. The Balaban J connectivity index is 1.76. The molecular formula is C23H28N2O3. The first kappa shape index (κ1) is 20.1. The van der Waals surface area contributed by atoms with E-state index in [2.05, 4.69) is 5.32 Å². The predicted octanol–water partition coefficient (Wildman–Crippen LogP) is 2.78. The van der Waals surface area contributed by atoms with Crippen LogP contribution >= 0.6 is 0 Å². The Morgan fingerprint density at radius 3 is 2.46 bits per heavy atom. The summed E-state index contributed by atoms with van der Waals surface area (Å²) in [5.41, 5.74) is 2.68. The smallest absolute Gasteiger partial charge is 0.255 e. The van der Waals surface area contributed by atoms with Gasteiger partial charge in [-0.25, -0.2) is 0 Å². The van der Waals surface area contributed by atoms with Crippen molar-refractivity contribution in [3.05, 3.63) is 71.3 Å². The molecule has 28 heavy (non-hydrogen) atoms. The minimum Gasteiger partial charge on any atom is -0.394 e. The van der Waals surface area contributed by atoms with Gasteiger partial charge in [-0.15, -0.1) is 0 Å². The highest BCUT2D eigenvalue weighted by Crippen LogP contribution is 2.28. The molecule has 3 atom stereocenters. The molecule has 148 valence electrons. The van der Waals surface area contributed by atoms with Crippen LogP contribution in [-0.4, -0.2) is 40.5 Å². The maximum absolute atomic E-state index is 13.2. The van der Waals surface area contributed by atoms with E-state index in [-0.39, 0.29) is 30.4 Å². The van der Waals surface area contributed by atoms with Crippen LogP contribution in [0.1, 0.15) is 41.8 Å². The summed E-state index contributed by atoms with van der Waals surface area (Å²) in [6, 6.07) is 16.3. The van der Waals surface area contributed by atoms with E-state index in [0.717, 1.165) is 17.5 Å². The Bertz CT molecular complexity index is 822. The van der Waals surface area contributed by atoms with E-state index in [0.29, 0.717) is 18.5 Å². The van der Waals surface area contributed by atoms with Gasteiger partial charge in [0.1, 0.15) is 6.04 Å². The zero-order chi connectivity index (χ0) is 20.1. The number of aliphatic hydroxyl groups is 1. The summed E-state index contributed by atoms with van der Waals surface area (Å²) in [7, 11) is 0. The number of amides is 2. The van der Waals surface area contributed by atoms with Gasteiger partial charge in [0.05, 0.1) is 12.6 Å². The topological polar surface area (TPSA) is 69.6 Å². The SMILES string of the molecule is CC[C@@H](C)[C@@H](C(=O)N[C@H](CO)Cc1ccccc1)N1Cc2ccccc2C1=O. The molecule has 0 saturated carbocycles. The van der Waals surface area contributed by atoms with Gasteiger partial charge < -0.3 is 15.3 Å². The minimum absolute atomic E-state index is 0.00864. The summed E-state index contributed by atoms with van der Waals surface area (Å²) in [4.78, 5) is 27.7. The molecule has 1 aliphatic heterocycles. The number of carbonyl (C=O) groups excluding carboxylic acids is 2. The highest BCUT2D eigenvalue weighted by Gasteiger charge is 2.39. The van der Waals surface area contributed by atoms with Gasteiger partial charge in [0, 0.05) is 12.1 Å². The van der Waals surface area contributed by atoms with Crippen LogP contribution in [0.2, 0.25) is 0 Å². The summed E-state index contributed by atoms with van der Waals surface area (Å²) < 4.78 is 0. The van der Waals surface area contributed by atoms with Crippen molar-refractivity contribution in [3.8, 4) is 0 Å². The van der Waals surface area contributed by atoms with E-state index >= 15 is 0 Å². The number of hydrogen-bond donors (Lipinski definition) is 2. The number of aliphatic hydroxyl groups excluding tert-OH is 1. The summed E-state index contributed by atoms with van der Waals surface area (Å²) >= 11 is 0. The van der Waals surface area contributed by atoms with Crippen LogP contribution in [0.5, 0.6) is 0 Å². The molecule has 5 nitrogen and oxygen atoms in total. The summed E-state index contributed by atoms with van der Waals surface area (Å²) in [5, 5.41) is 12.7. The molecule has 2 aromatic rings. The van der Waals surface area contributed by atoms with Crippen molar-refractivity contribution in [2.45, 2.75) is 45.3 Å². The maximum atomic E-state index is 13.2. The van der Waals surface area contributed by atoms with Gasteiger partial charge in [0.15, 0.2) is 0 Å².